The van der Waals surface area contributed by atoms with Crippen molar-refractivity contribution >= 4 is 17.6 Å². The lowest BCUT2D eigenvalue weighted by molar-refractivity contribution is -0.137. The molecule has 6 nitrogen and oxygen atoms in total. The Balaban J connectivity index is 2.33. The molecule has 0 aliphatic heterocycles. The number of ether oxygens (including phenoxy) is 1. The molecule has 0 aliphatic carbocycles. The molecule has 0 radical (unpaired) electrons. The molecule has 1 amide bonds. The van der Waals surface area contributed by atoms with E-state index in [1.165, 1.54) is 0 Å². The summed E-state index contributed by atoms with van der Waals surface area (Å²) in [5.41, 5.74) is 0.711. The molecule has 1 aromatic rings. The van der Waals surface area contributed by atoms with Crippen LogP contribution < -0.4 is 10.1 Å². The number of carbonyl (C=O) groups is 2. The number of aliphatic carboxylic acids is 1. The Morgan fingerprint density at radius 1 is 1.29 bits per heavy atom. The molecule has 0 unspecified atom stereocenters. The smallest absolute Gasteiger partial charge is 0.303 e. The summed E-state index contributed by atoms with van der Waals surface area (Å²) in [4.78, 5) is 24.0. The minimum absolute atomic E-state index is 0.116. The highest BCUT2D eigenvalue weighted by Gasteiger charge is 2.07. The van der Waals surface area contributed by atoms with Gasteiger partial charge in [-0.25, -0.2) is 0 Å². The maximum atomic E-state index is 11.8. The molecule has 0 saturated carbocycles. The number of rotatable bonds is 9. The van der Waals surface area contributed by atoms with Crippen molar-refractivity contribution in [2.24, 2.45) is 0 Å². The van der Waals surface area contributed by atoms with Gasteiger partial charge in [0.15, 0.2) is 0 Å². The number of amides is 1. The van der Waals surface area contributed by atoms with Gasteiger partial charge in [-0.15, -0.1) is 0 Å². The Hall–Kier alpha value is -2.08. The molecule has 6 heteroatoms. The Morgan fingerprint density at radius 2 is 1.95 bits per heavy atom. The van der Waals surface area contributed by atoms with Gasteiger partial charge in [-0.05, 0) is 51.2 Å². The Labute approximate surface area is 124 Å². The molecular formula is C15H22N2O4. The number of nitrogens with zero attached hydrogens (tertiary/aromatic N) is 1. The second kappa shape index (κ2) is 8.97. The number of carbonyl (C=O) groups excluding carboxylic acids is 1. The highest BCUT2D eigenvalue weighted by Crippen LogP contribution is 2.15. The third-order valence-corrected chi connectivity index (χ3v) is 2.79. The van der Waals surface area contributed by atoms with Crippen LogP contribution in [-0.4, -0.2) is 48.6 Å². The van der Waals surface area contributed by atoms with E-state index in [1.807, 2.05) is 6.92 Å². The lowest BCUT2D eigenvalue weighted by Gasteiger charge is -2.15. The minimum atomic E-state index is -0.817. The van der Waals surface area contributed by atoms with E-state index in [2.05, 4.69) is 5.32 Å². The van der Waals surface area contributed by atoms with E-state index in [0.29, 0.717) is 25.3 Å². The summed E-state index contributed by atoms with van der Waals surface area (Å²) in [5.74, 6) is -0.180. The Morgan fingerprint density at radius 3 is 2.52 bits per heavy atom. The van der Waals surface area contributed by atoms with Crippen molar-refractivity contribution < 1.29 is 19.4 Å². The van der Waals surface area contributed by atoms with Gasteiger partial charge in [0.25, 0.3) is 0 Å². The van der Waals surface area contributed by atoms with Crippen LogP contribution in [0.25, 0.3) is 0 Å². The summed E-state index contributed by atoms with van der Waals surface area (Å²) in [7, 11) is 1.79. The van der Waals surface area contributed by atoms with Crippen molar-refractivity contribution in [3.63, 3.8) is 0 Å². The van der Waals surface area contributed by atoms with Gasteiger partial charge in [0, 0.05) is 12.1 Å². The van der Waals surface area contributed by atoms with E-state index < -0.39 is 5.97 Å². The number of benzene rings is 1. The van der Waals surface area contributed by atoms with E-state index in [1.54, 1.807) is 36.2 Å². The number of hydrogen-bond donors (Lipinski definition) is 2. The van der Waals surface area contributed by atoms with Gasteiger partial charge in [-0.1, -0.05) is 0 Å². The Bertz CT molecular complexity index is 459. The summed E-state index contributed by atoms with van der Waals surface area (Å²) >= 11 is 0. The normalized spacial score (nSPS) is 10.4. The molecule has 0 aromatic heterocycles. The number of carboxylic acids is 1. The molecule has 1 aromatic carbocycles. The first-order valence-corrected chi connectivity index (χ1v) is 6.94. The van der Waals surface area contributed by atoms with E-state index >= 15 is 0 Å². The van der Waals surface area contributed by atoms with Gasteiger partial charge >= 0.3 is 5.97 Å². The van der Waals surface area contributed by atoms with Crippen molar-refractivity contribution in [1.82, 2.24) is 4.90 Å². The molecule has 21 heavy (non-hydrogen) atoms. The molecule has 0 atom stereocenters. The van der Waals surface area contributed by atoms with Crippen molar-refractivity contribution in [3.8, 4) is 5.75 Å². The number of anilines is 1. The molecule has 0 saturated heterocycles. The van der Waals surface area contributed by atoms with Gasteiger partial charge in [0.1, 0.15) is 5.75 Å². The van der Waals surface area contributed by atoms with Crippen molar-refractivity contribution in [3.05, 3.63) is 24.3 Å². The number of likely N-dealkylation sites (N-methyl/N-ethyl adjacent to an activating group) is 1. The van der Waals surface area contributed by atoms with Crippen LogP contribution in [0.5, 0.6) is 5.75 Å². The van der Waals surface area contributed by atoms with Crippen LogP contribution in [-0.2, 0) is 9.59 Å². The van der Waals surface area contributed by atoms with Crippen molar-refractivity contribution in [2.75, 3.05) is 32.1 Å². The van der Waals surface area contributed by atoms with Crippen LogP contribution in [0.1, 0.15) is 19.8 Å². The van der Waals surface area contributed by atoms with Crippen LogP contribution in [0.3, 0.4) is 0 Å². The summed E-state index contributed by atoms with van der Waals surface area (Å²) < 4.78 is 5.33. The largest absolute Gasteiger partial charge is 0.494 e. The van der Waals surface area contributed by atoms with Crippen molar-refractivity contribution in [2.45, 2.75) is 19.8 Å². The summed E-state index contributed by atoms with van der Waals surface area (Å²) in [6.07, 6.45) is 0.646. The fourth-order valence-corrected chi connectivity index (χ4v) is 1.83. The van der Waals surface area contributed by atoms with Crippen LogP contribution in [0.4, 0.5) is 5.69 Å². The highest BCUT2D eigenvalue weighted by atomic mass is 16.5. The second-order valence-corrected chi connectivity index (χ2v) is 4.74. The maximum absolute atomic E-state index is 11.8. The molecule has 0 heterocycles. The fourth-order valence-electron chi connectivity index (χ4n) is 1.83. The Kier molecular flexibility index (Phi) is 7.25. The predicted molar refractivity (Wildman–Crippen MR) is 80.6 cm³/mol. The molecule has 0 bridgehead atoms. The lowest BCUT2D eigenvalue weighted by atomic mass is 10.3. The first kappa shape index (κ1) is 17.0. The minimum Gasteiger partial charge on any atom is -0.494 e. The first-order valence-electron chi connectivity index (χ1n) is 6.94. The molecule has 1 rings (SSSR count). The van der Waals surface area contributed by atoms with Gasteiger partial charge in [-0.3, -0.25) is 14.5 Å². The summed E-state index contributed by atoms with van der Waals surface area (Å²) in [5, 5.41) is 11.3. The molecule has 0 spiro atoms. The fraction of sp³-hybridized carbons (Fsp3) is 0.467. The van der Waals surface area contributed by atoms with Crippen LogP contribution >= 0.6 is 0 Å². The summed E-state index contributed by atoms with van der Waals surface area (Å²) in [6, 6.07) is 7.17. The van der Waals surface area contributed by atoms with Gasteiger partial charge in [0.05, 0.1) is 13.2 Å². The van der Waals surface area contributed by atoms with Crippen LogP contribution in [0.2, 0.25) is 0 Å². The van der Waals surface area contributed by atoms with Gasteiger partial charge < -0.3 is 15.2 Å². The number of nitrogens with one attached hydrogen (secondary N) is 1. The third kappa shape index (κ3) is 7.31. The first-order chi connectivity index (χ1) is 10.0. The van der Waals surface area contributed by atoms with Crippen molar-refractivity contribution in [1.29, 1.82) is 0 Å². The molecule has 0 aliphatic rings. The van der Waals surface area contributed by atoms with Crippen LogP contribution in [0, 0.1) is 0 Å². The SMILES string of the molecule is CCOc1ccc(NC(=O)CN(C)CCCC(=O)O)cc1. The van der Waals surface area contributed by atoms with E-state index in [4.69, 9.17) is 9.84 Å². The molecule has 2 N–H and O–H groups in total. The van der Waals surface area contributed by atoms with E-state index in [9.17, 15) is 9.59 Å². The predicted octanol–water partition coefficient (Wildman–Crippen LogP) is 1.82. The molecule has 116 valence electrons. The highest BCUT2D eigenvalue weighted by molar-refractivity contribution is 5.92. The average molecular weight is 294 g/mol. The number of carboxylic acid groups (broad SMARTS) is 1. The second-order valence-electron chi connectivity index (χ2n) is 4.74. The number of hydrogen-bond acceptors (Lipinski definition) is 4. The lowest BCUT2D eigenvalue weighted by Crippen LogP contribution is -2.31. The maximum Gasteiger partial charge on any atom is 0.303 e. The van der Waals surface area contributed by atoms with Gasteiger partial charge in [-0.2, -0.15) is 0 Å². The zero-order valence-corrected chi connectivity index (χ0v) is 12.5. The van der Waals surface area contributed by atoms with E-state index in [0.717, 1.165) is 5.75 Å². The van der Waals surface area contributed by atoms with E-state index in [-0.39, 0.29) is 18.9 Å². The van der Waals surface area contributed by atoms with Gasteiger partial charge in [0.2, 0.25) is 5.91 Å². The zero-order valence-electron chi connectivity index (χ0n) is 12.5. The monoisotopic (exact) mass is 294 g/mol. The standard InChI is InChI=1S/C15H22N2O4/c1-3-21-13-8-6-12(7-9-13)16-14(18)11-17(2)10-4-5-15(19)20/h6-9H,3-5,10-11H2,1-2H3,(H,16,18)(H,19,20). The molecule has 0 fully saturated rings. The zero-order chi connectivity index (χ0) is 15.7. The quantitative estimate of drug-likeness (QED) is 0.726. The summed E-state index contributed by atoms with van der Waals surface area (Å²) in [6.45, 7) is 3.32. The molecular weight excluding hydrogens is 272 g/mol. The third-order valence-electron chi connectivity index (χ3n) is 2.79. The average Bonchev–Trinajstić information content (AvgIpc) is 2.40. The topological polar surface area (TPSA) is 78.9 Å². The van der Waals surface area contributed by atoms with Crippen LogP contribution in [0.15, 0.2) is 24.3 Å².